The van der Waals surface area contributed by atoms with Crippen molar-refractivity contribution in [2.75, 3.05) is 23.3 Å². The van der Waals surface area contributed by atoms with Crippen molar-refractivity contribution in [1.82, 2.24) is 9.97 Å². The van der Waals surface area contributed by atoms with Crippen LogP contribution in [0.15, 0.2) is 47.3 Å². The fourth-order valence-corrected chi connectivity index (χ4v) is 2.73. The van der Waals surface area contributed by atoms with Crippen LogP contribution in [0.25, 0.3) is 0 Å². The minimum atomic E-state index is 0.512. The zero-order valence-corrected chi connectivity index (χ0v) is 12.8. The lowest BCUT2D eigenvalue weighted by Gasteiger charge is -2.33. The molecule has 3 rings (SSSR count). The fourth-order valence-electron chi connectivity index (χ4n) is 2.49. The molecule has 0 spiro atoms. The van der Waals surface area contributed by atoms with Crippen molar-refractivity contribution >= 4 is 27.4 Å². The Bertz CT molecular complexity index is 536. The Balaban J connectivity index is 1.55. The van der Waals surface area contributed by atoms with Gasteiger partial charge in [-0.2, -0.15) is 0 Å². The van der Waals surface area contributed by atoms with E-state index in [2.05, 4.69) is 48.2 Å². The summed E-state index contributed by atoms with van der Waals surface area (Å²) in [5.41, 5.74) is 1.09. The Labute approximate surface area is 127 Å². The number of nitrogens with zero attached hydrogens (tertiary/aromatic N) is 3. The molecule has 0 radical (unpaired) electrons. The lowest BCUT2D eigenvalue weighted by atomic mass is 10.0. The van der Waals surface area contributed by atoms with Gasteiger partial charge in [0.2, 0.25) is 0 Å². The summed E-state index contributed by atoms with van der Waals surface area (Å²) in [6, 6.07) is 10.6. The molecule has 1 aliphatic rings. The van der Waals surface area contributed by atoms with Crippen molar-refractivity contribution in [2.24, 2.45) is 0 Å². The van der Waals surface area contributed by atoms with E-state index < -0.39 is 0 Å². The van der Waals surface area contributed by atoms with Gasteiger partial charge in [-0.15, -0.1) is 0 Å². The maximum Gasteiger partial charge on any atom is 0.128 e. The van der Waals surface area contributed by atoms with Gasteiger partial charge in [0.1, 0.15) is 10.4 Å². The van der Waals surface area contributed by atoms with Crippen LogP contribution in [0, 0.1) is 0 Å². The third-order valence-corrected chi connectivity index (χ3v) is 4.04. The maximum absolute atomic E-state index is 4.41. The summed E-state index contributed by atoms with van der Waals surface area (Å²) in [4.78, 5) is 11.0. The number of aromatic nitrogens is 2. The molecule has 2 aromatic rings. The molecule has 1 fully saturated rings. The van der Waals surface area contributed by atoms with E-state index in [0.29, 0.717) is 6.04 Å². The highest BCUT2D eigenvalue weighted by atomic mass is 79.9. The van der Waals surface area contributed by atoms with Gasteiger partial charge in [0, 0.05) is 25.3 Å². The normalized spacial score (nSPS) is 16.1. The molecule has 1 N–H and O–H groups in total. The van der Waals surface area contributed by atoms with Gasteiger partial charge in [-0.05, 0) is 53.0 Å². The minimum absolute atomic E-state index is 0.512. The van der Waals surface area contributed by atoms with E-state index in [1.54, 1.807) is 0 Å². The molecular formula is C15H17BrN4. The number of hydrogen-bond acceptors (Lipinski definition) is 4. The Morgan fingerprint density at radius 1 is 1.10 bits per heavy atom. The van der Waals surface area contributed by atoms with Gasteiger partial charge in [0.25, 0.3) is 0 Å². The van der Waals surface area contributed by atoms with E-state index in [9.17, 15) is 0 Å². The molecule has 0 saturated carbocycles. The van der Waals surface area contributed by atoms with Crippen LogP contribution in [0.5, 0.6) is 0 Å². The van der Waals surface area contributed by atoms with Crippen LogP contribution in [0.3, 0.4) is 0 Å². The van der Waals surface area contributed by atoms with Crippen LogP contribution in [-0.4, -0.2) is 29.1 Å². The maximum atomic E-state index is 4.41. The largest absolute Gasteiger partial charge is 0.381 e. The number of anilines is 2. The second-order valence-electron chi connectivity index (χ2n) is 4.96. The molecule has 0 aromatic carbocycles. The van der Waals surface area contributed by atoms with Gasteiger partial charge >= 0.3 is 0 Å². The Morgan fingerprint density at radius 2 is 1.95 bits per heavy atom. The third-order valence-electron chi connectivity index (χ3n) is 3.57. The molecule has 2 aromatic heterocycles. The summed E-state index contributed by atoms with van der Waals surface area (Å²) >= 11 is 3.35. The number of nitrogens with one attached hydrogen (secondary N) is 1. The number of pyridine rings is 2. The Hall–Kier alpha value is -1.62. The number of piperidine rings is 1. The highest BCUT2D eigenvalue weighted by Crippen LogP contribution is 2.20. The van der Waals surface area contributed by atoms with Gasteiger partial charge in [0.05, 0.1) is 11.9 Å². The van der Waals surface area contributed by atoms with Crippen molar-refractivity contribution in [1.29, 1.82) is 0 Å². The van der Waals surface area contributed by atoms with Gasteiger partial charge in [-0.3, -0.25) is 0 Å². The Kier molecular flexibility index (Phi) is 4.16. The van der Waals surface area contributed by atoms with Gasteiger partial charge < -0.3 is 10.2 Å². The predicted octanol–water partition coefficient (Wildman–Crippen LogP) is 3.32. The highest BCUT2D eigenvalue weighted by molar-refractivity contribution is 9.10. The van der Waals surface area contributed by atoms with Crippen LogP contribution in [-0.2, 0) is 0 Å². The first-order valence-corrected chi connectivity index (χ1v) is 7.64. The van der Waals surface area contributed by atoms with Crippen molar-refractivity contribution in [3.63, 3.8) is 0 Å². The van der Waals surface area contributed by atoms with Gasteiger partial charge in [-0.1, -0.05) is 6.07 Å². The standard InChI is InChI=1S/C15H17BrN4/c16-14-5-4-13(11-18-14)19-12-6-9-20(10-7-12)15-3-1-2-8-17-15/h1-5,8,11-12,19H,6-7,9-10H2. The summed E-state index contributed by atoms with van der Waals surface area (Å²) in [7, 11) is 0. The first-order chi connectivity index (χ1) is 9.81. The molecule has 20 heavy (non-hydrogen) atoms. The molecule has 3 heterocycles. The summed E-state index contributed by atoms with van der Waals surface area (Å²) in [5, 5.41) is 3.55. The van der Waals surface area contributed by atoms with E-state index in [0.717, 1.165) is 42.0 Å². The van der Waals surface area contributed by atoms with Gasteiger partial charge in [-0.25, -0.2) is 9.97 Å². The van der Waals surface area contributed by atoms with Crippen LogP contribution in [0.4, 0.5) is 11.5 Å². The number of hydrogen-bond donors (Lipinski definition) is 1. The van der Waals surface area contributed by atoms with Crippen molar-refractivity contribution in [3.05, 3.63) is 47.3 Å². The zero-order chi connectivity index (χ0) is 13.8. The molecule has 5 heteroatoms. The number of halogens is 1. The quantitative estimate of drug-likeness (QED) is 0.875. The average Bonchev–Trinajstić information content (AvgIpc) is 2.51. The topological polar surface area (TPSA) is 41.0 Å². The van der Waals surface area contributed by atoms with E-state index in [1.165, 1.54) is 0 Å². The molecule has 4 nitrogen and oxygen atoms in total. The highest BCUT2D eigenvalue weighted by Gasteiger charge is 2.19. The van der Waals surface area contributed by atoms with Gasteiger partial charge in [0.15, 0.2) is 0 Å². The van der Waals surface area contributed by atoms with Crippen molar-refractivity contribution in [3.8, 4) is 0 Å². The van der Waals surface area contributed by atoms with E-state index in [-0.39, 0.29) is 0 Å². The summed E-state index contributed by atoms with van der Waals surface area (Å²) < 4.78 is 0.869. The van der Waals surface area contributed by atoms with E-state index in [1.807, 2.05) is 30.6 Å². The van der Waals surface area contributed by atoms with Crippen molar-refractivity contribution < 1.29 is 0 Å². The Morgan fingerprint density at radius 3 is 2.60 bits per heavy atom. The lowest BCUT2D eigenvalue weighted by molar-refractivity contribution is 0.523. The van der Waals surface area contributed by atoms with Crippen LogP contribution in [0.2, 0.25) is 0 Å². The zero-order valence-electron chi connectivity index (χ0n) is 11.2. The molecule has 0 atom stereocenters. The lowest BCUT2D eigenvalue weighted by Crippen LogP contribution is -2.39. The fraction of sp³-hybridized carbons (Fsp3) is 0.333. The SMILES string of the molecule is Brc1ccc(NC2CCN(c3ccccn3)CC2)cn1. The summed E-state index contributed by atoms with van der Waals surface area (Å²) in [6.07, 6.45) is 5.96. The first kappa shape index (κ1) is 13.4. The van der Waals surface area contributed by atoms with E-state index in [4.69, 9.17) is 0 Å². The molecule has 1 aliphatic heterocycles. The third kappa shape index (κ3) is 3.28. The van der Waals surface area contributed by atoms with Crippen LogP contribution >= 0.6 is 15.9 Å². The molecular weight excluding hydrogens is 316 g/mol. The van der Waals surface area contributed by atoms with E-state index >= 15 is 0 Å². The average molecular weight is 333 g/mol. The summed E-state index contributed by atoms with van der Waals surface area (Å²) in [5.74, 6) is 1.08. The second kappa shape index (κ2) is 6.22. The summed E-state index contributed by atoms with van der Waals surface area (Å²) in [6.45, 7) is 2.08. The molecule has 104 valence electrons. The number of rotatable bonds is 3. The molecule has 1 saturated heterocycles. The molecule has 0 unspecified atom stereocenters. The smallest absolute Gasteiger partial charge is 0.128 e. The monoisotopic (exact) mass is 332 g/mol. The minimum Gasteiger partial charge on any atom is -0.381 e. The van der Waals surface area contributed by atoms with Crippen molar-refractivity contribution in [2.45, 2.75) is 18.9 Å². The first-order valence-electron chi connectivity index (χ1n) is 6.85. The van der Waals surface area contributed by atoms with Crippen LogP contribution in [0.1, 0.15) is 12.8 Å². The molecule has 0 amide bonds. The molecule has 0 bridgehead atoms. The molecule has 0 aliphatic carbocycles. The predicted molar refractivity (Wildman–Crippen MR) is 85.0 cm³/mol. The van der Waals surface area contributed by atoms with Crippen LogP contribution < -0.4 is 10.2 Å². The second-order valence-corrected chi connectivity index (χ2v) is 5.78.